The van der Waals surface area contributed by atoms with Crippen LogP contribution in [0.25, 0.3) is 11.1 Å². The van der Waals surface area contributed by atoms with Gasteiger partial charge in [0.05, 0.1) is 5.02 Å². The van der Waals surface area contributed by atoms with E-state index >= 15 is 0 Å². The number of aryl methyl sites for hydroxylation is 1. The van der Waals surface area contributed by atoms with Crippen LogP contribution in [0.15, 0.2) is 36.4 Å². The van der Waals surface area contributed by atoms with E-state index in [0.29, 0.717) is 17.5 Å². The first-order valence-electron chi connectivity index (χ1n) is 9.35. The molecular weight excluding hydrogens is 379 g/mol. The molecule has 2 aromatic carbocycles. The summed E-state index contributed by atoms with van der Waals surface area (Å²) in [6.45, 7) is 8.75. The van der Waals surface area contributed by atoms with Gasteiger partial charge < -0.3 is 4.74 Å². The second kappa shape index (κ2) is 7.09. The van der Waals surface area contributed by atoms with Gasteiger partial charge in [0.1, 0.15) is 22.9 Å². The molecule has 1 saturated heterocycles. The highest BCUT2D eigenvalue weighted by molar-refractivity contribution is 6.33. The summed E-state index contributed by atoms with van der Waals surface area (Å²) in [7, 11) is 0. The Balaban J connectivity index is 2.13. The molecule has 1 fully saturated rings. The summed E-state index contributed by atoms with van der Waals surface area (Å²) in [6, 6.07) is 10.1. The van der Waals surface area contributed by atoms with E-state index in [-0.39, 0.29) is 16.6 Å². The molecule has 1 aliphatic heterocycles. The fourth-order valence-electron chi connectivity index (χ4n) is 3.92. The number of rotatable bonds is 3. The summed E-state index contributed by atoms with van der Waals surface area (Å²) in [6.07, 6.45) is 0.620. The standard InChI is InChI=1S/C23H24ClFO3/c1-6-13-12-14(16-8-7-9-17(25)19(16)24)10-11-15(13)18-20(26)22(2,3)28-23(4,5)21(18)27/h7-12,18H,6H2,1-5H3. The van der Waals surface area contributed by atoms with Gasteiger partial charge in [0.25, 0.3) is 0 Å². The molecule has 5 heteroatoms. The molecule has 1 heterocycles. The Morgan fingerprint density at radius 2 is 1.64 bits per heavy atom. The van der Waals surface area contributed by atoms with E-state index in [4.69, 9.17) is 16.3 Å². The smallest absolute Gasteiger partial charge is 0.179 e. The molecule has 2 aromatic rings. The second-order valence-electron chi connectivity index (χ2n) is 8.15. The number of carbonyl (C=O) groups is 2. The average Bonchev–Trinajstić information content (AvgIpc) is 2.62. The van der Waals surface area contributed by atoms with Gasteiger partial charge in [-0.2, -0.15) is 0 Å². The Morgan fingerprint density at radius 3 is 2.21 bits per heavy atom. The maximum atomic E-state index is 13.9. The van der Waals surface area contributed by atoms with Crippen molar-refractivity contribution in [3.63, 3.8) is 0 Å². The third kappa shape index (κ3) is 3.40. The van der Waals surface area contributed by atoms with Crippen LogP contribution < -0.4 is 0 Å². The monoisotopic (exact) mass is 402 g/mol. The van der Waals surface area contributed by atoms with E-state index in [0.717, 1.165) is 11.1 Å². The lowest BCUT2D eigenvalue weighted by Crippen LogP contribution is -2.58. The number of hydrogen-bond donors (Lipinski definition) is 0. The molecule has 0 unspecified atom stereocenters. The summed E-state index contributed by atoms with van der Waals surface area (Å²) in [5, 5.41) is 0.0535. The lowest BCUT2D eigenvalue weighted by Gasteiger charge is -2.43. The zero-order chi connectivity index (χ0) is 20.9. The average molecular weight is 403 g/mol. The predicted octanol–water partition coefficient (Wildman–Crippen LogP) is 5.52. The van der Waals surface area contributed by atoms with Gasteiger partial charge in [-0.15, -0.1) is 0 Å². The molecule has 0 saturated carbocycles. The Morgan fingerprint density at radius 1 is 1.04 bits per heavy atom. The van der Waals surface area contributed by atoms with Crippen molar-refractivity contribution < 1.29 is 18.7 Å². The third-order valence-corrected chi connectivity index (χ3v) is 5.70. The van der Waals surface area contributed by atoms with Crippen molar-refractivity contribution in [2.75, 3.05) is 0 Å². The van der Waals surface area contributed by atoms with Crippen LogP contribution >= 0.6 is 11.6 Å². The Kier molecular flexibility index (Phi) is 5.24. The molecule has 0 spiro atoms. The number of carbonyl (C=O) groups excluding carboxylic acids is 2. The maximum absolute atomic E-state index is 13.9. The van der Waals surface area contributed by atoms with Gasteiger partial charge >= 0.3 is 0 Å². The summed E-state index contributed by atoms with van der Waals surface area (Å²) in [5.74, 6) is -1.86. The Bertz CT molecular complexity index is 936. The van der Waals surface area contributed by atoms with E-state index in [9.17, 15) is 14.0 Å². The van der Waals surface area contributed by atoms with Crippen LogP contribution in [0.3, 0.4) is 0 Å². The molecule has 3 rings (SSSR count). The van der Waals surface area contributed by atoms with E-state index in [1.807, 2.05) is 13.0 Å². The van der Waals surface area contributed by atoms with E-state index in [2.05, 4.69) is 0 Å². The summed E-state index contributed by atoms with van der Waals surface area (Å²) in [4.78, 5) is 26.1. The molecule has 0 amide bonds. The highest BCUT2D eigenvalue weighted by Crippen LogP contribution is 2.41. The minimum Gasteiger partial charge on any atom is -0.354 e. The fourth-order valence-corrected chi connectivity index (χ4v) is 4.16. The molecule has 0 N–H and O–H groups in total. The molecular formula is C23H24ClFO3. The Hall–Kier alpha value is -2.04. The highest BCUT2D eigenvalue weighted by atomic mass is 35.5. The molecule has 1 aliphatic rings. The number of hydrogen-bond acceptors (Lipinski definition) is 3. The topological polar surface area (TPSA) is 43.4 Å². The lowest BCUT2D eigenvalue weighted by atomic mass is 9.73. The molecule has 0 radical (unpaired) electrons. The van der Waals surface area contributed by atoms with Crippen molar-refractivity contribution in [3.05, 3.63) is 58.4 Å². The normalized spacial score (nSPS) is 19.1. The maximum Gasteiger partial charge on any atom is 0.179 e. The van der Waals surface area contributed by atoms with Crippen LogP contribution in [0.5, 0.6) is 0 Å². The summed E-state index contributed by atoms with van der Waals surface area (Å²) >= 11 is 6.13. The van der Waals surface area contributed by atoms with Crippen LogP contribution in [-0.4, -0.2) is 22.8 Å². The molecule has 3 nitrogen and oxygen atoms in total. The van der Waals surface area contributed by atoms with Gasteiger partial charge in [0.15, 0.2) is 11.6 Å². The second-order valence-corrected chi connectivity index (χ2v) is 8.53. The quantitative estimate of drug-likeness (QED) is 0.635. The van der Waals surface area contributed by atoms with Gasteiger partial charge in [0, 0.05) is 5.56 Å². The van der Waals surface area contributed by atoms with Gasteiger partial charge in [-0.05, 0) is 56.9 Å². The zero-order valence-electron chi connectivity index (χ0n) is 16.7. The van der Waals surface area contributed by atoms with Crippen LogP contribution in [-0.2, 0) is 20.7 Å². The van der Waals surface area contributed by atoms with Gasteiger partial charge in [-0.3, -0.25) is 9.59 Å². The molecule has 0 atom stereocenters. The molecule has 148 valence electrons. The molecule has 28 heavy (non-hydrogen) atoms. The van der Waals surface area contributed by atoms with E-state index in [1.54, 1.807) is 52.0 Å². The van der Waals surface area contributed by atoms with E-state index in [1.165, 1.54) is 6.07 Å². The predicted molar refractivity (Wildman–Crippen MR) is 108 cm³/mol. The zero-order valence-corrected chi connectivity index (χ0v) is 17.5. The molecule has 0 aromatic heterocycles. The van der Waals surface area contributed by atoms with Crippen molar-refractivity contribution in [2.24, 2.45) is 0 Å². The van der Waals surface area contributed by atoms with Gasteiger partial charge in [-0.1, -0.05) is 48.9 Å². The largest absolute Gasteiger partial charge is 0.354 e. The highest BCUT2D eigenvalue weighted by Gasteiger charge is 2.53. The van der Waals surface area contributed by atoms with Crippen molar-refractivity contribution in [3.8, 4) is 11.1 Å². The van der Waals surface area contributed by atoms with Crippen molar-refractivity contribution in [1.29, 1.82) is 0 Å². The van der Waals surface area contributed by atoms with Crippen LogP contribution in [0.2, 0.25) is 5.02 Å². The van der Waals surface area contributed by atoms with E-state index < -0.39 is 22.9 Å². The first kappa shape index (κ1) is 20.7. The fraction of sp³-hybridized carbons (Fsp3) is 0.391. The lowest BCUT2D eigenvalue weighted by molar-refractivity contribution is -0.184. The third-order valence-electron chi connectivity index (χ3n) is 5.32. The first-order valence-corrected chi connectivity index (χ1v) is 9.73. The number of ketones is 2. The molecule has 0 aliphatic carbocycles. The number of ether oxygens (including phenoxy) is 1. The van der Waals surface area contributed by atoms with Crippen molar-refractivity contribution in [2.45, 2.75) is 58.2 Å². The number of Topliss-reactive ketones (excluding diaryl/α,β-unsaturated/α-hetero) is 2. The van der Waals surface area contributed by atoms with Crippen LogP contribution in [0.1, 0.15) is 51.7 Å². The summed E-state index contributed by atoms with van der Waals surface area (Å²) < 4.78 is 19.6. The van der Waals surface area contributed by atoms with Crippen LogP contribution in [0.4, 0.5) is 4.39 Å². The summed E-state index contributed by atoms with van der Waals surface area (Å²) in [5.41, 5.74) is 0.745. The first-order chi connectivity index (χ1) is 13.0. The van der Waals surface area contributed by atoms with Gasteiger partial charge in [0.2, 0.25) is 0 Å². The Labute approximate surface area is 169 Å². The number of benzene rings is 2. The van der Waals surface area contributed by atoms with Gasteiger partial charge in [-0.25, -0.2) is 4.39 Å². The number of halogens is 2. The van der Waals surface area contributed by atoms with Crippen molar-refractivity contribution >= 4 is 23.2 Å². The minimum atomic E-state index is -1.06. The SMILES string of the molecule is CCc1cc(-c2cccc(F)c2Cl)ccc1C1C(=O)C(C)(C)OC(C)(C)C1=O. The van der Waals surface area contributed by atoms with Crippen molar-refractivity contribution in [1.82, 2.24) is 0 Å². The molecule has 0 bridgehead atoms. The minimum absolute atomic E-state index is 0.0535. The van der Waals surface area contributed by atoms with Crippen LogP contribution in [0, 0.1) is 5.82 Å².